The molecule has 0 saturated heterocycles. The van der Waals surface area contributed by atoms with Gasteiger partial charge in [0.25, 0.3) is 0 Å². The molecule has 0 heterocycles. The number of carbonyl (C=O) groups is 1. The van der Waals surface area contributed by atoms with E-state index < -0.39 is 12.2 Å². The van der Waals surface area contributed by atoms with E-state index in [1.54, 1.807) is 18.2 Å². The zero-order valence-electron chi connectivity index (χ0n) is 8.30. The summed E-state index contributed by atoms with van der Waals surface area (Å²) in [5, 5.41) is 17.6. The lowest BCUT2D eigenvalue weighted by atomic mass is 10.0. The number of hydrogen-bond donors (Lipinski definition) is 3. The first-order valence-corrected chi connectivity index (χ1v) is 4.26. The van der Waals surface area contributed by atoms with Crippen molar-refractivity contribution < 1.29 is 15.0 Å². The predicted octanol–water partition coefficient (Wildman–Crippen LogP) is 0.369. The molecule has 0 radical (unpaired) electrons. The van der Waals surface area contributed by atoms with Crippen LogP contribution in [-0.2, 0) is 6.42 Å². The average molecular weight is 232 g/mol. The van der Waals surface area contributed by atoms with E-state index in [-0.39, 0.29) is 18.8 Å². The van der Waals surface area contributed by atoms with Crippen molar-refractivity contribution in [3.8, 4) is 0 Å². The Morgan fingerprint density at radius 1 is 1.47 bits per heavy atom. The monoisotopic (exact) mass is 231 g/mol. The predicted molar refractivity (Wildman–Crippen MR) is 58.9 cm³/mol. The van der Waals surface area contributed by atoms with Crippen molar-refractivity contribution in [3.05, 3.63) is 34.9 Å². The molecule has 0 unspecified atom stereocenters. The van der Waals surface area contributed by atoms with Crippen molar-refractivity contribution in [3.63, 3.8) is 0 Å². The summed E-state index contributed by atoms with van der Waals surface area (Å²) in [6.07, 6.45) is -1.45. The molecule has 15 heavy (non-hydrogen) atoms. The van der Waals surface area contributed by atoms with Crippen LogP contribution in [0.5, 0.6) is 0 Å². The summed E-state index contributed by atoms with van der Waals surface area (Å²) in [5.74, 6) is -0.555. The van der Waals surface area contributed by atoms with E-state index in [1.165, 1.54) is 0 Å². The molecule has 0 bridgehead atoms. The quantitative estimate of drug-likeness (QED) is 0.658. The van der Waals surface area contributed by atoms with Crippen LogP contribution >= 0.6 is 12.4 Å². The largest absolute Gasteiger partial charge is 0.368 e. The third kappa shape index (κ3) is 3.87. The molecule has 4 nitrogen and oxygen atoms in total. The van der Waals surface area contributed by atoms with Crippen LogP contribution in [0.3, 0.4) is 0 Å². The summed E-state index contributed by atoms with van der Waals surface area (Å²) in [7, 11) is 0. The van der Waals surface area contributed by atoms with Crippen LogP contribution < -0.4 is 5.73 Å². The highest BCUT2D eigenvalue weighted by molar-refractivity contribution is 5.94. The van der Waals surface area contributed by atoms with Gasteiger partial charge in [0.15, 0.2) is 6.29 Å². The van der Waals surface area contributed by atoms with Gasteiger partial charge in [-0.1, -0.05) is 17.7 Å². The molecular weight excluding hydrogens is 218 g/mol. The van der Waals surface area contributed by atoms with Crippen LogP contribution in [0.4, 0.5) is 0 Å². The Kier molecular flexibility index (Phi) is 5.28. The average Bonchev–Trinajstić information content (AvgIpc) is 2.01. The summed E-state index contributed by atoms with van der Waals surface area (Å²) in [5.41, 5.74) is 6.99. The van der Waals surface area contributed by atoms with Crippen LogP contribution in [0.25, 0.3) is 0 Å². The maximum atomic E-state index is 11.0. The van der Waals surface area contributed by atoms with Gasteiger partial charge >= 0.3 is 0 Å². The van der Waals surface area contributed by atoms with E-state index in [2.05, 4.69) is 0 Å². The fourth-order valence-corrected chi connectivity index (χ4v) is 1.33. The molecule has 84 valence electrons. The molecule has 0 saturated carbocycles. The Hall–Kier alpha value is -1.10. The van der Waals surface area contributed by atoms with Gasteiger partial charge in [0.1, 0.15) is 0 Å². The summed E-state index contributed by atoms with van der Waals surface area (Å²) < 4.78 is 0. The van der Waals surface area contributed by atoms with Crippen molar-refractivity contribution >= 4 is 18.3 Å². The number of benzene rings is 1. The number of aryl methyl sites for hydroxylation is 1. The molecule has 0 spiro atoms. The number of nitrogens with two attached hydrogens (primary N) is 1. The Morgan fingerprint density at radius 2 is 2.07 bits per heavy atom. The van der Waals surface area contributed by atoms with E-state index in [4.69, 9.17) is 15.9 Å². The lowest BCUT2D eigenvalue weighted by molar-refractivity contribution is -0.0382. The second-order valence-electron chi connectivity index (χ2n) is 3.21. The molecule has 1 aromatic carbocycles. The fourth-order valence-electron chi connectivity index (χ4n) is 1.33. The maximum absolute atomic E-state index is 11.0. The highest BCUT2D eigenvalue weighted by Crippen LogP contribution is 2.13. The zero-order chi connectivity index (χ0) is 10.7. The van der Waals surface area contributed by atoms with Gasteiger partial charge in [0, 0.05) is 12.0 Å². The molecule has 0 aliphatic heterocycles. The normalized spacial score (nSPS) is 9.87. The fraction of sp³-hybridized carbons (Fsp3) is 0.300. The smallest absolute Gasteiger partial charge is 0.248 e. The topological polar surface area (TPSA) is 83.6 Å². The van der Waals surface area contributed by atoms with Gasteiger partial charge in [-0.05, 0) is 18.6 Å². The van der Waals surface area contributed by atoms with Crippen LogP contribution in [0.1, 0.15) is 21.5 Å². The molecule has 4 N–H and O–H groups in total. The molecule has 1 rings (SSSR count). The van der Waals surface area contributed by atoms with Gasteiger partial charge in [0.05, 0.1) is 0 Å². The van der Waals surface area contributed by atoms with Crippen molar-refractivity contribution in [2.24, 2.45) is 5.73 Å². The molecule has 0 aliphatic rings. The van der Waals surface area contributed by atoms with Crippen molar-refractivity contribution in [1.29, 1.82) is 0 Å². The first-order chi connectivity index (χ1) is 6.50. The van der Waals surface area contributed by atoms with Gasteiger partial charge in [0.2, 0.25) is 5.91 Å². The van der Waals surface area contributed by atoms with Gasteiger partial charge in [-0.2, -0.15) is 0 Å². The van der Waals surface area contributed by atoms with Crippen LogP contribution in [0.15, 0.2) is 18.2 Å². The van der Waals surface area contributed by atoms with Gasteiger partial charge < -0.3 is 15.9 Å². The van der Waals surface area contributed by atoms with E-state index in [0.29, 0.717) is 11.1 Å². The number of halogens is 1. The first-order valence-electron chi connectivity index (χ1n) is 4.26. The van der Waals surface area contributed by atoms with Gasteiger partial charge in [-0.15, -0.1) is 12.4 Å². The molecular formula is C10H14ClNO3. The molecule has 0 fully saturated rings. The zero-order valence-corrected chi connectivity index (χ0v) is 9.12. The Balaban J connectivity index is 0.00000196. The molecule has 1 amide bonds. The highest BCUT2D eigenvalue weighted by Gasteiger charge is 2.10. The number of rotatable bonds is 3. The molecule has 0 atom stereocenters. The van der Waals surface area contributed by atoms with Crippen LogP contribution in [0.2, 0.25) is 0 Å². The standard InChI is InChI=1S/C10H13NO3.ClH/c1-6-2-3-8(10(11)14)7(4-6)5-9(12)13;/h2-4,9,12-13H,5H2,1H3,(H2,11,14);1H. The van der Waals surface area contributed by atoms with Gasteiger partial charge in [-0.3, -0.25) is 4.79 Å². The lowest BCUT2D eigenvalue weighted by Crippen LogP contribution is -2.17. The number of amides is 1. The SMILES string of the molecule is Cc1ccc(C(N)=O)c(CC(O)O)c1.Cl. The minimum atomic E-state index is -1.46. The lowest BCUT2D eigenvalue weighted by Gasteiger charge is -2.08. The summed E-state index contributed by atoms with van der Waals surface area (Å²) >= 11 is 0. The minimum absolute atomic E-state index is 0. The second-order valence-corrected chi connectivity index (χ2v) is 3.21. The van der Waals surface area contributed by atoms with Gasteiger partial charge in [-0.25, -0.2) is 0 Å². The molecule has 1 aromatic rings. The summed E-state index contributed by atoms with van der Waals surface area (Å²) in [4.78, 5) is 11.0. The Bertz CT molecular complexity index is 353. The van der Waals surface area contributed by atoms with E-state index >= 15 is 0 Å². The van der Waals surface area contributed by atoms with Crippen molar-refractivity contribution in [2.45, 2.75) is 19.6 Å². The van der Waals surface area contributed by atoms with E-state index in [0.717, 1.165) is 5.56 Å². The Morgan fingerprint density at radius 3 is 2.53 bits per heavy atom. The number of aliphatic hydroxyl groups excluding tert-OH is 1. The van der Waals surface area contributed by atoms with Crippen molar-refractivity contribution in [2.75, 3.05) is 0 Å². The van der Waals surface area contributed by atoms with Crippen LogP contribution in [0, 0.1) is 6.92 Å². The molecule has 5 heteroatoms. The van der Waals surface area contributed by atoms with Crippen LogP contribution in [-0.4, -0.2) is 22.4 Å². The maximum Gasteiger partial charge on any atom is 0.248 e. The Labute approximate surface area is 94.1 Å². The minimum Gasteiger partial charge on any atom is -0.368 e. The molecule has 0 aromatic heterocycles. The molecule has 0 aliphatic carbocycles. The number of carbonyl (C=O) groups excluding carboxylic acids is 1. The van der Waals surface area contributed by atoms with E-state index in [9.17, 15) is 4.79 Å². The van der Waals surface area contributed by atoms with Crippen molar-refractivity contribution in [1.82, 2.24) is 0 Å². The second kappa shape index (κ2) is 5.70. The van der Waals surface area contributed by atoms with E-state index in [1.807, 2.05) is 6.92 Å². The number of primary amides is 1. The summed E-state index contributed by atoms with van der Waals surface area (Å²) in [6.45, 7) is 1.86. The number of hydrogen-bond acceptors (Lipinski definition) is 3. The third-order valence-corrected chi connectivity index (χ3v) is 1.93. The summed E-state index contributed by atoms with van der Waals surface area (Å²) in [6, 6.07) is 5.07. The highest BCUT2D eigenvalue weighted by atomic mass is 35.5. The third-order valence-electron chi connectivity index (χ3n) is 1.93. The first kappa shape index (κ1) is 13.9. The number of aliphatic hydroxyl groups is 2.